The van der Waals surface area contributed by atoms with Gasteiger partial charge < -0.3 is 5.32 Å². The zero-order valence-electron chi connectivity index (χ0n) is 8.59. The van der Waals surface area contributed by atoms with Gasteiger partial charge in [-0.15, -0.1) is 0 Å². The van der Waals surface area contributed by atoms with E-state index >= 15 is 0 Å². The van der Waals surface area contributed by atoms with Crippen LogP contribution in [0, 0.1) is 5.41 Å². The van der Waals surface area contributed by atoms with E-state index in [9.17, 15) is 0 Å². The van der Waals surface area contributed by atoms with E-state index < -0.39 is 0 Å². The van der Waals surface area contributed by atoms with E-state index in [1.54, 1.807) is 0 Å². The van der Waals surface area contributed by atoms with Gasteiger partial charge in [-0.3, -0.25) is 4.99 Å². The van der Waals surface area contributed by atoms with E-state index in [1.165, 1.54) is 49.4 Å². The van der Waals surface area contributed by atoms with Crippen molar-refractivity contribution in [3.05, 3.63) is 0 Å². The largest absolute Gasteiger partial charge is 0.362 e. The van der Waals surface area contributed by atoms with Crippen molar-refractivity contribution < 1.29 is 0 Å². The van der Waals surface area contributed by atoms with Gasteiger partial charge in [0.15, 0.2) is 5.17 Å². The maximum atomic E-state index is 4.46. The first kappa shape index (κ1) is 9.08. The van der Waals surface area contributed by atoms with Crippen LogP contribution in [0.1, 0.15) is 38.5 Å². The minimum absolute atomic E-state index is 0.698. The summed E-state index contributed by atoms with van der Waals surface area (Å²) in [5.41, 5.74) is 0.698. The first-order chi connectivity index (χ1) is 6.89. The Morgan fingerprint density at radius 3 is 2.86 bits per heavy atom. The summed E-state index contributed by atoms with van der Waals surface area (Å²) in [4.78, 5) is 4.46. The van der Waals surface area contributed by atoms with Crippen LogP contribution in [0.15, 0.2) is 4.99 Å². The zero-order chi connectivity index (χ0) is 9.43. The van der Waals surface area contributed by atoms with Crippen molar-refractivity contribution in [2.24, 2.45) is 10.4 Å². The van der Waals surface area contributed by atoms with E-state index in [1.807, 2.05) is 11.8 Å². The number of hydrogen-bond donors (Lipinski definition) is 1. The number of nitrogens with one attached hydrogen (secondary N) is 1. The molecule has 3 rings (SSSR count). The molecule has 1 heterocycles. The van der Waals surface area contributed by atoms with Gasteiger partial charge >= 0.3 is 0 Å². The molecule has 1 atom stereocenters. The van der Waals surface area contributed by atoms with Crippen LogP contribution in [-0.4, -0.2) is 23.5 Å². The molecule has 78 valence electrons. The molecule has 0 bridgehead atoms. The molecule has 1 unspecified atom stereocenters. The Morgan fingerprint density at radius 1 is 1.29 bits per heavy atom. The van der Waals surface area contributed by atoms with Crippen LogP contribution in [-0.2, 0) is 0 Å². The lowest BCUT2D eigenvalue weighted by Crippen LogP contribution is -2.27. The normalized spacial score (nSPS) is 34.3. The fourth-order valence-corrected chi connectivity index (χ4v) is 3.72. The summed E-state index contributed by atoms with van der Waals surface area (Å²) in [6.07, 6.45) is 8.71. The van der Waals surface area contributed by atoms with Gasteiger partial charge in [0.05, 0.1) is 6.54 Å². The van der Waals surface area contributed by atoms with Crippen molar-refractivity contribution in [1.29, 1.82) is 0 Å². The van der Waals surface area contributed by atoms with Crippen LogP contribution in [0.2, 0.25) is 0 Å². The lowest BCUT2D eigenvalue weighted by molar-refractivity contribution is 0.321. The van der Waals surface area contributed by atoms with Crippen molar-refractivity contribution in [1.82, 2.24) is 5.32 Å². The Hall–Kier alpha value is -0.180. The van der Waals surface area contributed by atoms with E-state index in [0.29, 0.717) is 5.41 Å². The maximum Gasteiger partial charge on any atom is 0.156 e. The standard InChI is InChI=1S/C11H18N2S/c1-2-4-11(5-3-1)8-9(11)13-10-12-6-7-14-10/h9H,1-8H2,(H,12,13). The SMILES string of the molecule is C1CCC2(CC1)CC2NC1=NCCS1. The zero-order valence-corrected chi connectivity index (χ0v) is 9.41. The fraction of sp³-hybridized carbons (Fsp3) is 0.909. The van der Waals surface area contributed by atoms with Gasteiger partial charge in [0.2, 0.25) is 0 Å². The summed E-state index contributed by atoms with van der Waals surface area (Å²) in [6, 6.07) is 0.771. The topological polar surface area (TPSA) is 24.4 Å². The Bertz CT molecular complexity index is 256. The molecule has 3 heteroatoms. The molecule has 0 aromatic heterocycles. The number of aliphatic imine (C=N–C) groups is 1. The van der Waals surface area contributed by atoms with Crippen LogP contribution in [0.4, 0.5) is 0 Å². The Labute approximate surface area is 89.9 Å². The molecule has 0 aromatic rings. The summed E-state index contributed by atoms with van der Waals surface area (Å²) in [5, 5.41) is 4.85. The average Bonchev–Trinajstić information content (AvgIpc) is 2.67. The van der Waals surface area contributed by atoms with Crippen LogP contribution < -0.4 is 5.32 Å². The van der Waals surface area contributed by atoms with E-state index in [-0.39, 0.29) is 0 Å². The molecule has 2 aliphatic carbocycles. The number of nitrogens with zero attached hydrogens (tertiary/aromatic N) is 1. The Kier molecular flexibility index (Phi) is 2.23. The van der Waals surface area contributed by atoms with Gasteiger partial charge in [-0.2, -0.15) is 0 Å². The highest BCUT2D eigenvalue weighted by Gasteiger charge is 2.54. The molecule has 0 radical (unpaired) electrons. The monoisotopic (exact) mass is 210 g/mol. The molecule has 1 N–H and O–H groups in total. The first-order valence-corrected chi connectivity index (χ1v) is 6.81. The second-order valence-electron chi connectivity index (χ2n) is 4.86. The van der Waals surface area contributed by atoms with Crippen molar-refractivity contribution >= 4 is 16.9 Å². The minimum atomic E-state index is 0.698. The van der Waals surface area contributed by atoms with Crippen molar-refractivity contribution in [2.45, 2.75) is 44.6 Å². The Balaban J connectivity index is 1.56. The highest BCUT2D eigenvalue weighted by molar-refractivity contribution is 8.14. The number of thioether (sulfide) groups is 1. The van der Waals surface area contributed by atoms with Crippen molar-refractivity contribution in [3.8, 4) is 0 Å². The molecule has 0 amide bonds. The van der Waals surface area contributed by atoms with Gasteiger partial charge in [-0.1, -0.05) is 31.0 Å². The van der Waals surface area contributed by atoms with Crippen molar-refractivity contribution in [3.63, 3.8) is 0 Å². The molecule has 2 fully saturated rings. The molecule has 1 aliphatic heterocycles. The molecule has 0 saturated heterocycles. The third-order valence-corrected chi connectivity index (χ3v) is 4.83. The minimum Gasteiger partial charge on any atom is -0.362 e. The second kappa shape index (κ2) is 3.44. The third-order valence-electron chi connectivity index (χ3n) is 3.92. The Morgan fingerprint density at radius 2 is 2.14 bits per heavy atom. The maximum absolute atomic E-state index is 4.46. The van der Waals surface area contributed by atoms with E-state index in [0.717, 1.165) is 12.6 Å². The predicted octanol–water partition coefficient (Wildman–Crippen LogP) is 2.40. The lowest BCUT2D eigenvalue weighted by Gasteiger charge is -2.22. The summed E-state index contributed by atoms with van der Waals surface area (Å²) in [6.45, 7) is 1.02. The van der Waals surface area contributed by atoms with Gasteiger partial charge in [-0.05, 0) is 24.7 Å². The fourth-order valence-electron chi connectivity index (χ4n) is 2.93. The molecule has 14 heavy (non-hydrogen) atoms. The van der Waals surface area contributed by atoms with Gasteiger partial charge in [-0.25, -0.2) is 0 Å². The van der Waals surface area contributed by atoms with Crippen LogP contribution in [0.5, 0.6) is 0 Å². The predicted molar refractivity (Wildman–Crippen MR) is 61.8 cm³/mol. The lowest BCUT2D eigenvalue weighted by atomic mass is 9.86. The summed E-state index contributed by atoms with van der Waals surface area (Å²) >= 11 is 1.90. The smallest absolute Gasteiger partial charge is 0.156 e. The first-order valence-electron chi connectivity index (χ1n) is 5.83. The van der Waals surface area contributed by atoms with E-state index in [4.69, 9.17) is 0 Å². The quantitative estimate of drug-likeness (QED) is 0.718. The number of rotatable bonds is 1. The molecule has 2 nitrogen and oxygen atoms in total. The van der Waals surface area contributed by atoms with Crippen LogP contribution in [0.25, 0.3) is 0 Å². The van der Waals surface area contributed by atoms with Gasteiger partial charge in [0, 0.05) is 11.8 Å². The summed E-state index contributed by atoms with van der Waals surface area (Å²) in [5.74, 6) is 1.18. The van der Waals surface area contributed by atoms with Crippen molar-refractivity contribution in [2.75, 3.05) is 12.3 Å². The molecular weight excluding hydrogens is 192 g/mol. The second-order valence-corrected chi connectivity index (χ2v) is 5.94. The molecule has 0 aromatic carbocycles. The van der Waals surface area contributed by atoms with Gasteiger partial charge in [0.25, 0.3) is 0 Å². The molecule has 1 spiro atoms. The highest BCUT2D eigenvalue weighted by Crippen LogP contribution is 2.56. The number of amidine groups is 1. The van der Waals surface area contributed by atoms with Gasteiger partial charge in [0.1, 0.15) is 0 Å². The summed E-state index contributed by atoms with van der Waals surface area (Å²) < 4.78 is 0. The third kappa shape index (κ3) is 1.56. The molecule has 2 saturated carbocycles. The molecule has 3 aliphatic rings. The number of hydrogen-bond acceptors (Lipinski definition) is 3. The van der Waals surface area contributed by atoms with E-state index in [2.05, 4.69) is 10.3 Å². The summed E-state index contributed by atoms with van der Waals surface area (Å²) in [7, 11) is 0. The van der Waals surface area contributed by atoms with Crippen LogP contribution >= 0.6 is 11.8 Å². The highest BCUT2D eigenvalue weighted by atomic mass is 32.2. The average molecular weight is 210 g/mol. The van der Waals surface area contributed by atoms with Crippen LogP contribution in [0.3, 0.4) is 0 Å². The molecular formula is C11H18N2S.